The van der Waals surface area contributed by atoms with Gasteiger partial charge in [0.1, 0.15) is 12.1 Å². The second-order valence-electron chi connectivity index (χ2n) is 6.38. The summed E-state index contributed by atoms with van der Waals surface area (Å²) in [6.45, 7) is 8.57. The molecule has 1 rings (SSSR count). The summed E-state index contributed by atoms with van der Waals surface area (Å²) in [6.07, 6.45) is 0.726. The molecule has 1 aromatic rings. The van der Waals surface area contributed by atoms with Crippen molar-refractivity contribution in [3.63, 3.8) is 0 Å². The topological polar surface area (TPSA) is 38.3 Å². The summed E-state index contributed by atoms with van der Waals surface area (Å²) in [5.41, 5.74) is 0.418. The Morgan fingerprint density at radius 3 is 2.21 bits per heavy atom. The first-order chi connectivity index (χ1) is 8.77. The predicted molar refractivity (Wildman–Crippen MR) is 77.8 cm³/mol. The van der Waals surface area contributed by atoms with Crippen molar-refractivity contribution in [2.75, 3.05) is 7.05 Å². The monoisotopic (exact) mass is 263 g/mol. The van der Waals surface area contributed by atoms with Crippen LogP contribution in [0, 0.1) is 5.41 Å². The molecular weight excluding hydrogens is 238 g/mol. The third-order valence-corrected chi connectivity index (χ3v) is 3.10. The number of nitrogens with one attached hydrogen (secondary N) is 1. The summed E-state index contributed by atoms with van der Waals surface area (Å²) < 4.78 is 5.43. The van der Waals surface area contributed by atoms with Gasteiger partial charge in [-0.05, 0) is 31.4 Å². The van der Waals surface area contributed by atoms with Crippen LogP contribution in [0.3, 0.4) is 0 Å². The highest BCUT2D eigenvalue weighted by atomic mass is 16.5. The van der Waals surface area contributed by atoms with E-state index in [1.54, 1.807) is 7.05 Å². The largest absolute Gasteiger partial charge is 0.459 e. The first-order valence-corrected chi connectivity index (χ1v) is 6.67. The van der Waals surface area contributed by atoms with Crippen molar-refractivity contribution in [1.82, 2.24) is 5.32 Å². The Hall–Kier alpha value is -1.35. The molecule has 0 aliphatic rings. The summed E-state index contributed by atoms with van der Waals surface area (Å²) in [5, 5.41) is 3.10. The van der Waals surface area contributed by atoms with Crippen LogP contribution in [0.1, 0.15) is 39.7 Å². The van der Waals surface area contributed by atoms with E-state index in [9.17, 15) is 4.79 Å². The predicted octanol–water partition coefficient (Wildman–Crippen LogP) is 3.14. The van der Waals surface area contributed by atoms with Crippen molar-refractivity contribution in [3.05, 3.63) is 35.9 Å². The summed E-state index contributed by atoms with van der Waals surface area (Å²) >= 11 is 0. The second kappa shape index (κ2) is 6.20. The molecule has 1 unspecified atom stereocenters. The van der Waals surface area contributed by atoms with Gasteiger partial charge >= 0.3 is 5.97 Å². The van der Waals surface area contributed by atoms with Crippen LogP contribution in [0.5, 0.6) is 0 Å². The average molecular weight is 263 g/mol. The Morgan fingerprint density at radius 1 is 1.16 bits per heavy atom. The molecule has 0 aromatic heterocycles. The zero-order valence-electron chi connectivity index (χ0n) is 12.6. The Labute approximate surface area is 116 Å². The quantitative estimate of drug-likeness (QED) is 0.829. The van der Waals surface area contributed by atoms with Crippen LogP contribution in [0.15, 0.2) is 30.3 Å². The van der Waals surface area contributed by atoms with Crippen LogP contribution in [-0.2, 0) is 16.1 Å². The summed E-state index contributed by atoms with van der Waals surface area (Å²) in [6, 6.07) is 9.73. The number of carbonyl (C=O) groups excluding carboxylic acids is 1. The van der Waals surface area contributed by atoms with Gasteiger partial charge in [-0.2, -0.15) is 0 Å². The van der Waals surface area contributed by atoms with Crippen molar-refractivity contribution < 1.29 is 9.53 Å². The van der Waals surface area contributed by atoms with Gasteiger partial charge in [-0.1, -0.05) is 51.1 Å². The minimum Gasteiger partial charge on any atom is -0.459 e. The number of hydrogen-bond acceptors (Lipinski definition) is 3. The van der Waals surface area contributed by atoms with Crippen LogP contribution in [-0.4, -0.2) is 18.6 Å². The summed E-state index contributed by atoms with van der Waals surface area (Å²) in [4.78, 5) is 12.3. The van der Waals surface area contributed by atoms with Gasteiger partial charge in [0.15, 0.2) is 0 Å². The van der Waals surface area contributed by atoms with Crippen molar-refractivity contribution in [1.29, 1.82) is 0 Å². The van der Waals surface area contributed by atoms with Gasteiger partial charge in [0, 0.05) is 0 Å². The van der Waals surface area contributed by atoms with Crippen LogP contribution in [0.4, 0.5) is 0 Å². The molecule has 1 aromatic carbocycles. The van der Waals surface area contributed by atoms with Gasteiger partial charge in [-0.3, -0.25) is 4.79 Å². The van der Waals surface area contributed by atoms with E-state index in [1.807, 2.05) is 37.3 Å². The molecule has 0 amide bonds. The zero-order valence-corrected chi connectivity index (χ0v) is 12.6. The molecular formula is C16H25NO2. The SMILES string of the molecule is CNC(C)(CC(C)(C)C)C(=O)OCc1ccccc1. The van der Waals surface area contributed by atoms with E-state index >= 15 is 0 Å². The highest BCUT2D eigenvalue weighted by Crippen LogP contribution is 2.28. The third kappa shape index (κ3) is 5.03. The second-order valence-corrected chi connectivity index (χ2v) is 6.38. The Balaban J connectivity index is 2.64. The molecule has 1 atom stereocenters. The van der Waals surface area contributed by atoms with Gasteiger partial charge in [0.25, 0.3) is 0 Å². The fourth-order valence-electron chi connectivity index (χ4n) is 2.21. The molecule has 0 aliphatic carbocycles. The Kier molecular flexibility index (Phi) is 5.12. The first-order valence-electron chi connectivity index (χ1n) is 6.67. The lowest BCUT2D eigenvalue weighted by Crippen LogP contribution is -2.50. The van der Waals surface area contributed by atoms with Crippen LogP contribution < -0.4 is 5.32 Å². The fourth-order valence-corrected chi connectivity index (χ4v) is 2.21. The molecule has 3 nitrogen and oxygen atoms in total. The number of ether oxygens (including phenoxy) is 1. The maximum atomic E-state index is 12.3. The average Bonchev–Trinajstić information content (AvgIpc) is 2.35. The maximum Gasteiger partial charge on any atom is 0.326 e. The molecule has 0 heterocycles. The number of carbonyl (C=O) groups is 1. The standard InChI is InChI=1S/C16H25NO2/c1-15(2,3)12-16(4,17-5)14(18)19-11-13-9-7-6-8-10-13/h6-10,17H,11-12H2,1-5H3. The van der Waals surface area contributed by atoms with Crippen LogP contribution in [0.25, 0.3) is 0 Å². The number of rotatable bonds is 5. The van der Waals surface area contributed by atoms with E-state index in [2.05, 4.69) is 26.1 Å². The molecule has 1 N–H and O–H groups in total. The number of likely N-dealkylation sites (N-methyl/N-ethyl adjacent to an activating group) is 1. The molecule has 19 heavy (non-hydrogen) atoms. The molecule has 0 saturated heterocycles. The fraction of sp³-hybridized carbons (Fsp3) is 0.562. The van der Waals surface area contributed by atoms with Crippen molar-refractivity contribution in [3.8, 4) is 0 Å². The zero-order chi connectivity index (χ0) is 14.5. The number of hydrogen-bond donors (Lipinski definition) is 1. The van der Waals surface area contributed by atoms with Gasteiger partial charge in [0.2, 0.25) is 0 Å². The smallest absolute Gasteiger partial charge is 0.326 e. The van der Waals surface area contributed by atoms with Gasteiger partial charge in [0.05, 0.1) is 0 Å². The molecule has 0 spiro atoms. The highest BCUT2D eigenvalue weighted by molar-refractivity contribution is 5.80. The lowest BCUT2D eigenvalue weighted by Gasteiger charge is -2.33. The van der Waals surface area contributed by atoms with E-state index in [1.165, 1.54) is 0 Å². The minimum atomic E-state index is -0.646. The minimum absolute atomic E-state index is 0.0591. The molecule has 0 saturated carbocycles. The van der Waals surface area contributed by atoms with Crippen molar-refractivity contribution in [2.45, 2.75) is 46.3 Å². The van der Waals surface area contributed by atoms with E-state index in [0.717, 1.165) is 12.0 Å². The van der Waals surface area contributed by atoms with Crippen molar-refractivity contribution in [2.24, 2.45) is 5.41 Å². The molecule has 0 bridgehead atoms. The van der Waals surface area contributed by atoms with Gasteiger partial charge in [-0.15, -0.1) is 0 Å². The molecule has 106 valence electrons. The van der Waals surface area contributed by atoms with Crippen molar-refractivity contribution >= 4 is 5.97 Å². The molecule has 0 radical (unpaired) electrons. The van der Waals surface area contributed by atoms with E-state index in [4.69, 9.17) is 4.74 Å². The van der Waals surface area contributed by atoms with Gasteiger partial charge < -0.3 is 10.1 Å². The van der Waals surface area contributed by atoms with Crippen LogP contribution in [0.2, 0.25) is 0 Å². The molecule has 0 aliphatic heterocycles. The third-order valence-electron chi connectivity index (χ3n) is 3.10. The van der Waals surface area contributed by atoms with E-state index in [-0.39, 0.29) is 11.4 Å². The number of esters is 1. The highest BCUT2D eigenvalue weighted by Gasteiger charge is 2.37. The summed E-state index contributed by atoms with van der Waals surface area (Å²) in [5.74, 6) is -0.200. The van der Waals surface area contributed by atoms with Crippen LogP contribution >= 0.6 is 0 Å². The first kappa shape index (κ1) is 15.7. The summed E-state index contributed by atoms with van der Waals surface area (Å²) in [7, 11) is 1.80. The number of benzene rings is 1. The lowest BCUT2D eigenvalue weighted by molar-refractivity contribution is -0.153. The molecule has 0 fully saturated rings. The van der Waals surface area contributed by atoms with E-state index < -0.39 is 5.54 Å². The molecule has 3 heteroatoms. The Morgan fingerprint density at radius 2 is 1.74 bits per heavy atom. The maximum absolute atomic E-state index is 12.3. The van der Waals surface area contributed by atoms with Gasteiger partial charge in [-0.25, -0.2) is 0 Å². The lowest BCUT2D eigenvalue weighted by atomic mass is 9.81. The normalized spacial score (nSPS) is 14.8. The van der Waals surface area contributed by atoms with E-state index in [0.29, 0.717) is 6.61 Å². The Bertz CT molecular complexity index is 409.